The summed E-state index contributed by atoms with van der Waals surface area (Å²) in [5, 5.41) is 12.4. The van der Waals surface area contributed by atoms with Crippen LogP contribution in [0.3, 0.4) is 0 Å². The summed E-state index contributed by atoms with van der Waals surface area (Å²) in [6.45, 7) is 4.96. The third-order valence-electron chi connectivity index (χ3n) is 3.64. The molecule has 5 heteroatoms. The predicted molar refractivity (Wildman–Crippen MR) is 82.1 cm³/mol. The molecule has 0 saturated carbocycles. The summed E-state index contributed by atoms with van der Waals surface area (Å²) in [5.41, 5.74) is 0. The molecule has 1 fully saturated rings. The van der Waals surface area contributed by atoms with Gasteiger partial charge in [0.25, 0.3) is 0 Å². The molecule has 2 rings (SSSR count). The van der Waals surface area contributed by atoms with Gasteiger partial charge in [-0.15, -0.1) is 11.3 Å². The first-order valence-electron chi connectivity index (χ1n) is 7.35. The Balaban J connectivity index is 1.78. The van der Waals surface area contributed by atoms with Crippen molar-refractivity contribution in [3.8, 4) is 0 Å². The summed E-state index contributed by atoms with van der Waals surface area (Å²) in [4.78, 5) is 16.6. The summed E-state index contributed by atoms with van der Waals surface area (Å²) in [5.74, 6) is 0.00269. The normalized spacial score (nSPS) is 17.9. The Morgan fingerprint density at radius 2 is 2.15 bits per heavy atom. The number of aryl methyl sites for hydroxylation is 1. The Kier molecular flexibility index (Phi) is 6.01. The molecule has 1 saturated heterocycles. The zero-order valence-electron chi connectivity index (χ0n) is 12.1. The van der Waals surface area contributed by atoms with Gasteiger partial charge in [0, 0.05) is 16.3 Å². The van der Waals surface area contributed by atoms with Gasteiger partial charge in [-0.3, -0.25) is 4.79 Å². The minimum atomic E-state index is -0.151. The maximum Gasteiger partial charge on any atom is 0.225 e. The van der Waals surface area contributed by atoms with Crippen LogP contribution in [0.4, 0.5) is 0 Å². The summed E-state index contributed by atoms with van der Waals surface area (Å²) >= 11 is 1.65. The Labute approximate surface area is 124 Å². The number of aliphatic hydroxyl groups is 1. The van der Waals surface area contributed by atoms with E-state index in [-0.39, 0.29) is 18.6 Å². The zero-order valence-corrected chi connectivity index (χ0v) is 12.9. The maximum atomic E-state index is 12.0. The van der Waals surface area contributed by atoms with Crippen LogP contribution in [0.1, 0.15) is 29.0 Å². The van der Waals surface area contributed by atoms with Crippen LogP contribution in [0.5, 0.6) is 0 Å². The number of carbonyl (C=O) groups is 1. The van der Waals surface area contributed by atoms with Gasteiger partial charge < -0.3 is 15.3 Å². The van der Waals surface area contributed by atoms with Crippen LogP contribution in [-0.4, -0.2) is 48.2 Å². The number of nitrogens with one attached hydrogen (secondary N) is 1. The van der Waals surface area contributed by atoms with E-state index in [1.807, 2.05) is 19.1 Å². The molecule has 1 atom stereocenters. The van der Waals surface area contributed by atoms with Crippen molar-refractivity contribution in [2.75, 3.05) is 26.2 Å². The van der Waals surface area contributed by atoms with E-state index >= 15 is 0 Å². The lowest BCUT2D eigenvalue weighted by atomic mass is 10.1. The summed E-state index contributed by atoms with van der Waals surface area (Å²) in [6.07, 6.45) is 4.15. The van der Waals surface area contributed by atoms with Crippen molar-refractivity contribution < 1.29 is 9.90 Å². The molecule has 0 bridgehead atoms. The molecular formula is C15H24N2O2S. The van der Waals surface area contributed by atoms with Gasteiger partial charge in [-0.2, -0.15) is 0 Å². The highest BCUT2D eigenvalue weighted by Gasteiger charge is 2.18. The monoisotopic (exact) mass is 296 g/mol. The van der Waals surface area contributed by atoms with Gasteiger partial charge in [0.2, 0.25) is 5.91 Å². The first-order chi connectivity index (χ1) is 9.67. The smallest absolute Gasteiger partial charge is 0.225 e. The van der Waals surface area contributed by atoms with Crippen molar-refractivity contribution in [2.45, 2.75) is 38.6 Å². The van der Waals surface area contributed by atoms with Crippen LogP contribution >= 0.6 is 11.3 Å². The van der Waals surface area contributed by atoms with Gasteiger partial charge in [0.1, 0.15) is 0 Å². The van der Waals surface area contributed by atoms with E-state index in [0.717, 1.165) is 24.5 Å². The quantitative estimate of drug-likeness (QED) is 0.838. The molecule has 0 radical (unpaired) electrons. The number of thiophene rings is 1. The molecule has 1 unspecified atom stereocenters. The standard InChI is InChI=1S/C15H24N2O2S/c1-12-5-6-14(20-12)9-15(19)16-13(11-18)10-17-7-3-2-4-8-17/h5-6,13,18H,2-4,7-11H2,1H3,(H,16,19). The van der Waals surface area contributed by atoms with Crippen molar-refractivity contribution in [1.29, 1.82) is 0 Å². The largest absolute Gasteiger partial charge is 0.394 e. The summed E-state index contributed by atoms with van der Waals surface area (Å²) in [6, 6.07) is 3.88. The molecule has 0 aromatic carbocycles. The van der Waals surface area contributed by atoms with Crippen molar-refractivity contribution in [1.82, 2.24) is 10.2 Å². The number of hydrogen-bond acceptors (Lipinski definition) is 4. The number of hydrogen-bond donors (Lipinski definition) is 2. The van der Waals surface area contributed by atoms with E-state index in [9.17, 15) is 9.90 Å². The molecule has 2 N–H and O–H groups in total. The Bertz CT molecular complexity index is 427. The van der Waals surface area contributed by atoms with Crippen molar-refractivity contribution in [3.63, 3.8) is 0 Å². The van der Waals surface area contributed by atoms with Gasteiger partial charge in [-0.25, -0.2) is 0 Å². The van der Waals surface area contributed by atoms with E-state index in [1.165, 1.54) is 24.1 Å². The first-order valence-corrected chi connectivity index (χ1v) is 8.17. The highest BCUT2D eigenvalue weighted by molar-refractivity contribution is 7.12. The molecule has 0 aliphatic carbocycles. The topological polar surface area (TPSA) is 52.6 Å². The van der Waals surface area contributed by atoms with Gasteiger partial charge >= 0.3 is 0 Å². The molecule has 0 spiro atoms. The average Bonchev–Trinajstić information content (AvgIpc) is 2.84. The molecular weight excluding hydrogens is 272 g/mol. The lowest BCUT2D eigenvalue weighted by Crippen LogP contribution is -2.47. The highest BCUT2D eigenvalue weighted by Crippen LogP contribution is 2.15. The second-order valence-electron chi connectivity index (χ2n) is 5.50. The maximum absolute atomic E-state index is 12.0. The van der Waals surface area contributed by atoms with E-state index in [0.29, 0.717) is 6.42 Å². The van der Waals surface area contributed by atoms with Gasteiger partial charge in [-0.1, -0.05) is 6.42 Å². The molecule has 2 heterocycles. The van der Waals surface area contributed by atoms with Crippen molar-refractivity contribution in [3.05, 3.63) is 21.9 Å². The molecule has 1 aliphatic heterocycles. The molecule has 112 valence electrons. The minimum absolute atomic E-state index is 0.00269. The van der Waals surface area contributed by atoms with E-state index in [4.69, 9.17) is 0 Å². The van der Waals surface area contributed by atoms with Crippen molar-refractivity contribution >= 4 is 17.2 Å². The lowest BCUT2D eigenvalue weighted by Gasteiger charge is -2.30. The Hall–Kier alpha value is -0.910. The third kappa shape index (κ3) is 4.89. The zero-order chi connectivity index (χ0) is 14.4. The van der Waals surface area contributed by atoms with Gasteiger partial charge in [0.15, 0.2) is 0 Å². The van der Waals surface area contributed by atoms with Crippen LogP contribution in [0.2, 0.25) is 0 Å². The summed E-state index contributed by atoms with van der Waals surface area (Å²) < 4.78 is 0. The fourth-order valence-corrected chi connectivity index (χ4v) is 3.51. The third-order valence-corrected chi connectivity index (χ3v) is 4.64. The van der Waals surface area contributed by atoms with Gasteiger partial charge in [0.05, 0.1) is 19.1 Å². The van der Waals surface area contributed by atoms with Crippen molar-refractivity contribution in [2.24, 2.45) is 0 Å². The number of amides is 1. The number of nitrogens with zero attached hydrogens (tertiary/aromatic N) is 1. The average molecular weight is 296 g/mol. The predicted octanol–water partition coefficient (Wildman–Crippen LogP) is 1.56. The SMILES string of the molecule is Cc1ccc(CC(=O)NC(CO)CN2CCCCC2)s1. The van der Waals surface area contributed by atoms with Crippen LogP contribution in [-0.2, 0) is 11.2 Å². The van der Waals surface area contributed by atoms with Crippen LogP contribution < -0.4 is 5.32 Å². The number of aliphatic hydroxyl groups excluding tert-OH is 1. The molecule has 1 aromatic rings. The van der Waals surface area contributed by atoms with E-state index in [1.54, 1.807) is 11.3 Å². The fourth-order valence-electron chi connectivity index (χ4n) is 2.62. The first kappa shape index (κ1) is 15.5. The molecule has 1 amide bonds. The molecule has 20 heavy (non-hydrogen) atoms. The Morgan fingerprint density at radius 3 is 2.75 bits per heavy atom. The van der Waals surface area contributed by atoms with Crippen LogP contribution in [0, 0.1) is 6.92 Å². The van der Waals surface area contributed by atoms with Gasteiger partial charge in [-0.05, 0) is 45.0 Å². The lowest BCUT2D eigenvalue weighted by molar-refractivity contribution is -0.121. The number of carbonyl (C=O) groups excluding carboxylic acids is 1. The highest BCUT2D eigenvalue weighted by atomic mass is 32.1. The number of piperidine rings is 1. The van der Waals surface area contributed by atoms with Crippen LogP contribution in [0.25, 0.3) is 0 Å². The van der Waals surface area contributed by atoms with E-state index < -0.39 is 0 Å². The minimum Gasteiger partial charge on any atom is -0.394 e. The van der Waals surface area contributed by atoms with Crippen LogP contribution in [0.15, 0.2) is 12.1 Å². The second-order valence-corrected chi connectivity index (χ2v) is 6.87. The number of likely N-dealkylation sites (tertiary alicyclic amines) is 1. The molecule has 1 aliphatic rings. The summed E-state index contributed by atoms with van der Waals surface area (Å²) in [7, 11) is 0. The van der Waals surface area contributed by atoms with E-state index in [2.05, 4.69) is 10.2 Å². The number of rotatable bonds is 6. The molecule has 4 nitrogen and oxygen atoms in total. The second kappa shape index (κ2) is 7.76. The molecule has 1 aromatic heterocycles. The Morgan fingerprint density at radius 1 is 1.40 bits per heavy atom. The fraction of sp³-hybridized carbons (Fsp3) is 0.667.